The minimum atomic E-state index is -0.623. The van der Waals surface area contributed by atoms with Crippen LogP contribution < -0.4 is 5.32 Å². The number of urea groups is 1. The second-order valence-corrected chi connectivity index (χ2v) is 6.26. The summed E-state index contributed by atoms with van der Waals surface area (Å²) in [6, 6.07) is 2.99. The van der Waals surface area contributed by atoms with Crippen molar-refractivity contribution in [1.82, 2.24) is 10.2 Å². The molecule has 2 N–H and O–H groups in total. The van der Waals surface area contributed by atoms with Crippen LogP contribution in [0.5, 0.6) is 0 Å². The number of nitrogens with zero attached hydrogens (tertiary/aromatic N) is 1. The molecule has 24 heavy (non-hydrogen) atoms. The smallest absolute Gasteiger partial charge is 0.317 e. The summed E-state index contributed by atoms with van der Waals surface area (Å²) in [5.74, 6) is -1.53. The maximum atomic E-state index is 13.8. The Kier molecular flexibility index (Phi) is 6.51. The molecule has 1 aromatic rings. The third-order valence-electron chi connectivity index (χ3n) is 4.15. The molecule has 0 aliphatic carbocycles. The first-order valence-electron chi connectivity index (χ1n) is 8.13. The average molecular weight is 342 g/mol. The van der Waals surface area contributed by atoms with Crippen molar-refractivity contribution in [2.45, 2.75) is 38.3 Å². The molecule has 0 saturated carbocycles. The molecule has 0 aromatic heterocycles. The van der Waals surface area contributed by atoms with Crippen LogP contribution in [0.3, 0.4) is 0 Å². The van der Waals surface area contributed by atoms with Gasteiger partial charge in [0.05, 0.1) is 25.4 Å². The topological polar surface area (TPSA) is 61.8 Å². The van der Waals surface area contributed by atoms with Crippen LogP contribution in [-0.4, -0.2) is 54.5 Å². The van der Waals surface area contributed by atoms with Crippen molar-refractivity contribution in [1.29, 1.82) is 0 Å². The van der Waals surface area contributed by atoms with Gasteiger partial charge in [0.1, 0.15) is 11.6 Å². The largest absolute Gasteiger partial charge is 0.393 e. The first kappa shape index (κ1) is 18.6. The molecule has 1 aliphatic rings. The number of nitrogens with one attached hydrogen (secondary N) is 1. The zero-order valence-corrected chi connectivity index (χ0v) is 14.0. The number of rotatable bonds is 5. The van der Waals surface area contributed by atoms with Gasteiger partial charge in [0.15, 0.2) is 0 Å². The van der Waals surface area contributed by atoms with E-state index in [0.29, 0.717) is 31.7 Å². The third kappa shape index (κ3) is 4.88. The van der Waals surface area contributed by atoms with Gasteiger partial charge in [0.25, 0.3) is 0 Å². The van der Waals surface area contributed by atoms with Gasteiger partial charge in [-0.1, -0.05) is 13.0 Å². The fourth-order valence-corrected chi connectivity index (χ4v) is 2.86. The molecule has 0 radical (unpaired) electrons. The summed E-state index contributed by atoms with van der Waals surface area (Å²) in [4.78, 5) is 14.0. The molecule has 0 spiro atoms. The summed E-state index contributed by atoms with van der Waals surface area (Å²) in [5.41, 5.74) is 0.360. The number of aliphatic hydroxyl groups is 1. The van der Waals surface area contributed by atoms with Crippen LogP contribution >= 0.6 is 0 Å². The number of hydrogen-bond donors (Lipinski definition) is 2. The number of amides is 2. The highest BCUT2D eigenvalue weighted by Crippen LogP contribution is 2.19. The van der Waals surface area contributed by atoms with Crippen LogP contribution in [0.25, 0.3) is 0 Å². The Labute approximate surface area is 140 Å². The Morgan fingerprint density at radius 3 is 2.88 bits per heavy atom. The van der Waals surface area contributed by atoms with E-state index in [9.17, 15) is 18.7 Å². The van der Waals surface area contributed by atoms with E-state index in [-0.39, 0.29) is 24.5 Å². The Hall–Kier alpha value is -1.73. The van der Waals surface area contributed by atoms with Crippen LogP contribution in [0, 0.1) is 11.6 Å². The Morgan fingerprint density at radius 2 is 2.21 bits per heavy atom. The molecule has 7 heteroatoms. The number of benzene rings is 1. The fourth-order valence-electron chi connectivity index (χ4n) is 2.86. The fraction of sp³-hybridized carbons (Fsp3) is 0.588. The van der Waals surface area contributed by atoms with Gasteiger partial charge >= 0.3 is 6.03 Å². The van der Waals surface area contributed by atoms with Gasteiger partial charge in [-0.15, -0.1) is 0 Å². The number of ether oxygens (including phenoxy) is 1. The van der Waals surface area contributed by atoms with E-state index in [4.69, 9.17) is 4.74 Å². The van der Waals surface area contributed by atoms with E-state index >= 15 is 0 Å². The number of carbonyl (C=O) groups excluding carboxylic acids is 1. The molecular weight excluding hydrogens is 318 g/mol. The van der Waals surface area contributed by atoms with Crippen molar-refractivity contribution in [3.63, 3.8) is 0 Å². The normalized spacial score (nSPS) is 20.5. The maximum absolute atomic E-state index is 13.8. The van der Waals surface area contributed by atoms with E-state index in [0.717, 1.165) is 6.07 Å². The van der Waals surface area contributed by atoms with Crippen LogP contribution in [0.1, 0.15) is 31.7 Å². The van der Waals surface area contributed by atoms with Crippen molar-refractivity contribution in [2.75, 3.05) is 26.3 Å². The lowest BCUT2D eigenvalue weighted by Gasteiger charge is -2.36. The summed E-state index contributed by atoms with van der Waals surface area (Å²) >= 11 is 0. The minimum absolute atomic E-state index is 0.184. The SMILES string of the molecule is C[C@H](O)C[C@H]1COCCN1C(=O)NC[C@@H](C)c1ccc(F)cc1F. The predicted molar refractivity (Wildman–Crippen MR) is 85.8 cm³/mol. The summed E-state index contributed by atoms with van der Waals surface area (Å²) in [7, 11) is 0. The maximum Gasteiger partial charge on any atom is 0.317 e. The molecular formula is C17H24F2N2O3. The number of carbonyl (C=O) groups is 1. The molecule has 0 unspecified atom stereocenters. The van der Waals surface area contributed by atoms with Crippen LogP contribution in [-0.2, 0) is 4.74 Å². The molecule has 1 aliphatic heterocycles. The van der Waals surface area contributed by atoms with Gasteiger partial charge in [-0.2, -0.15) is 0 Å². The third-order valence-corrected chi connectivity index (χ3v) is 4.15. The van der Waals surface area contributed by atoms with E-state index in [1.807, 2.05) is 0 Å². The minimum Gasteiger partial charge on any atom is -0.393 e. The van der Waals surface area contributed by atoms with E-state index in [2.05, 4.69) is 5.32 Å². The number of halogens is 2. The second kappa shape index (κ2) is 8.39. The lowest BCUT2D eigenvalue weighted by Crippen LogP contribution is -2.53. The summed E-state index contributed by atoms with van der Waals surface area (Å²) in [5, 5.41) is 12.3. The van der Waals surface area contributed by atoms with Gasteiger partial charge in [-0.25, -0.2) is 13.6 Å². The van der Waals surface area contributed by atoms with Crippen molar-refractivity contribution < 1.29 is 23.4 Å². The number of aliphatic hydroxyl groups excluding tert-OH is 1. The molecule has 1 fully saturated rings. The lowest BCUT2D eigenvalue weighted by molar-refractivity contribution is -0.00433. The van der Waals surface area contributed by atoms with Gasteiger partial charge in [-0.3, -0.25) is 0 Å². The van der Waals surface area contributed by atoms with Crippen LogP contribution in [0.4, 0.5) is 13.6 Å². The lowest BCUT2D eigenvalue weighted by atomic mass is 10.0. The zero-order valence-electron chi connectivity index (χ0n) is 14.0. The molecule has 5 nitrogen and oxygen atoms in total. The Balaban J connectivity index is 1.93. The molecule has 1 heterocycles. The van der Waals surface area contributed by atoms with Crippen LogP contribution in [0.15, 0.2) is 18.2 Å². The Morgan fingerprint density at radius 1 is 1.46 bits per heavy atom. The molecule has 2 amide bonds. The summed E-state index contributed by atoms with van der Waals surface area (Å²) in [6.45, 7) is 4.96. The van der Waals surface area contributed by atoms with Crippen molar-refractivity contribution in [2.24, 2.45) is 0 Å². The predicted octanol–water partition coefficient (Wildman–Crippen LogP) is 2.25. The number of hydrogen-bond acceptors (Lipinski definition) is 3. The quantitative estimate of drug-likeness (QED) is 0.863. The monoisotopic (exact) mass is 342 g/mol. The standard InChI is InChI=1S/C17H24F2N2O3/c1-11(15-4-3-13(18)8-16(15)19)9-20-17(23)21-5-6-24-10-14(21)7-12(2)22/h3-4,8,11-12,14,22H,5-7,9-10H2,1-2H3,(H,20,23)/t11-,12+,14+/m1/s1. The molecule has 3 atom stereocenters. The second-order valence-electron chi connectivity index (χ2n) is 6.26. The van der Waals surface area contributed by atoms with Gasteiger partial charge in [-0.05, 0) is 25.0 Å². The highest BCUT2D eigenvalue weighted by atomic mass is 19.1. The first-order valence-corrected chi connectivity index (χ1v) is 8.13. The average Bonchev–Trinajstić information content (AvgIpc) is 2.52. The summed E-state index contributed by atoms with van der Waals surface area (Å²) < 4.78 is 32.1. The molecule has 2 rings (SSSR count). The number of morpholine rings is 1. The summed E-state index contributed by atoms with van der Waals surface area (Å²) in [6.07, 6.45) is -0.0884. The van der Waals surface area contributed by atoms with Gasteiger partial charge < -0.3 is 20.1 Å². The van der Waals surface area contributed by atoms with Gasteiger partial charge in [0.2, 0.25) is 0 Å². The van der Waals surface area contributed by atoms with Crippen molar-refractivity contribution >= 4 is 6.03 Å². The van der Waals surface area contributed by atoms with Crippen molar-refractivity contribution in [3.05, 3.63) is 35.4 Å². The first-order chi connectivity index (χ1) is 11.4. The van der Waals surface area contributed by atoms with E-state index < -0.39 is 17.7 Å². The van der Waals surface area contributed by atoms with Crippen molar-refractivity contribution in [3.8, 4) is 0 Å². The highest BCUT2D eigenvalue weighted by molar-refractivity contribution is 5.74. The molecule has 1 saturated heterocycles. The van der Waals surface area contributed by atoms with E-state index in [1.165, 1.54) is 12.1 Å². The molecule has 1 aromatic carbocycles. The van der Waals surface area contributed by atoms with Gasteiger partial charge in [0, 0.05) is 25.1 Å². The Bertz CT molecular complexity index is 569. The molecule has 134 valence electrons. The molecule has 0 bridgehead atoms. The van der Waals surface area contributed by atoms with Crippen LogP contribution in [0.2, 0.25) is 0 Å². The zero-order chi connectivity index (χ0) is 17.7. The highest BCUT2D eigenvalue weighted by Gasteiger charge is 2.28. The van der Waals surface area contributed by atoms with E-state index in [1.54, 1.807) is 18.7 Å².